The van der Waals surface area contributed by atoms with Gasteiger partial charge in [0, 0.05) is 22.9 Å². The number of nitrogens with zero attached hydrogens (tertiary/aromatic N) is 1. The van der Waals surface area contributed by atoms with Crippen molar-refractivity contribution in [3.63, 3.8) is 0 Å². The van der Waals surface area contributed by atoms with Crippen LogP contribution in [-0.2, 0) is 16.0 Å². The molecule has 0 bridgehead atoms. The maximum absolute atomic E-state index is 11.8. The molecular formula is C19H25N3O2S. The van der Waals surface area contributed by atoms with Crippen LogP contribution in [0, 0.1) is 12.3 Å². The minimum Gasteiger partial charge on any atom is -0.354 e. The van der Waals surface area contributed by atoms with Gasteiger partial charge in [0.05, 0.1) is 17.2 Å². The Morgan fingerprint density at radius 3 is 2.36 bits per heavy atom. The third kappa shape index (κ3) is 5.98. The number of rotatable bonds is 6. The first-order valence-corrected chi connectivity index (χ1v) is 9.20. The molecule has 0 saturated carbocycles. The molecule has 25 heavy (non-hydrogen) atoms. The average Bonchev–Trinajstić information content (AvgIpc) is 2.99. The van der Waals surface area contributed by atoms with Gasteiger partial charge in [-0.25, -0.2) is 4.98 Å². The van der Waals surface area contributed by atoms with Gasteiger partial charge in [0.2, 0.25) is 11.8 Å². The maximum atomic E-state index is 11.8. The third-order valence-corrected chi connectivity index (χ3v) is 4.47. The Morgan fingerprint density at radius 2 is 1.80 bits per heavy atom. The summed E-state index contributed by atoms with van der Waals surface area (Å²) in [5, 5.41) is 8.57. The van der Waals surface area contributed by atoms with Gasteiger partial charge in [-0.05, 0) is 18.9 Å². The number of hydrogen-bond acceptors (Lipinski definition) is 4. The molecule has 1 aromatic heterocycles. The van der Waals surface area contributed by atoms with Crippen LogP contribution in [0.3, 0.4) is 0 Å². The van der Waals surface area contributed by atoms with Gasteiger partial charge in [-0.3, -0.25) is 9.59 Å². The van der Waals surface area contributed by atoms with Gasteiger partial charge in [-0.1, -0.05) is 45.0 Å². The Kier molecular flexibility index (Phi) is 6.31. The molecule has 0 aliphatic rings. The zero-order valence-corrected chi connectivity index (χ0v) is 16.0. The molecule has 0 aliphatic heterocycles. The molecule has 1 heterocycles. The number of benzene rings is 1. The van der Waals surface area contributed by atoms with E-state index in [1.165, 1.54) is 0 Å². The van der Waals surface area contributed by atoms with Gasteiger partial charge < -0.3 is 10.6 Å². The molecule has 134 valence electrons. The summed E-state index contributed by atoms with van der Waals surface area (Å²) in [6.07, 6.45) is 0.745. The molecule has 1 aromatic carbocycles. The van der Waals surface area contributed by atoms with Crippen LogP contribution in [-0.4, -0.2) is 29.9 Å². The third-order valence-electron chi connectivity index (χ3n) is 3.70. The van der Waals surface area contributed by atoms with Crippen LogP contribution in [0.2, 0.25) is 0 Å². The normalized spacial score (nSPS) is 11.2. The number of amides is 2. The lowest BCUT2D eigenvalue weighted by Gasteiger charge is -2.17. The van der Waals surface area contributed by atoms with E-state index >= 15 is 0 Å². The summed E-state index contributed by atoms with van der Waals surface area (Å²) in [6, 6.07) is 8.21. The largest absolute Gasteiger partial charge is 0.354 e. The Labute approximate surface area is 152 Å². The lowest BCUT2D eigenvalue weighted by atomic mass is 9.96. The van der Waals surface area contributed by atoms with Crippen molar-refractivity contribution in [2.45, 2.75) is 34.1 Å². The summed E-state index contributed by atoms with van der Waals surface area (Å²) < 4.78 is 0. The van der Waals surface area contributed by atoms with Crippen molar-refractivity contribution in [2.75, 3.05) is 13.1 Å². The Bertz CT molecular complexity index is 730. The Balaban J connectivity index is 1.74. The van der Waals surface area contributed by atoms with Gasteiger partial charge in [-0.2, -0.15) is 0 Å². The van der Waals surface area contributed by atoms with Crippen LogP contribution < -0.4 is 10.6 Å². The zero-order valence-electron chi connectivity index (χ0n) is 15.2. The molecular weight excluding hydrogens is 334 g/mol. The first-order chi connectivity index (χ1) is 11.8. The number of carbonyl (C=O) groups is 2. The SMILES string of the molecule is Cc1nc(-c2ccc(CCNC(=O)CNC(=O)C(C)(C)C)cc2)cs1. The summed E-state index contributed by atoms with van der Waals surface area (Å²) in [5.74, 6) is -0.303. The highest BCUT2D eigenvalue weighted by molar-refractivity contribution is 7.09. The lowest BCUT2D eigenvalue weighted by molar-refractivity contribution is -0.131. The van der Waals surface area contributed by atoms with Crippen LogP contribution in [0.5, 0.6) is 0 Å². The van der Waals surface area contributed by atoms with Crippen LogP contribution in [0.15, 0.2) is 29.6 Å². The Hall–Kier alpha value is -2.21. The summed E-state index contributed by atoms with van der Waals surface area (Å²) in [7, 11) is 0. The molecule has 0 spiro atoms. The molecule has 5 nitrogen and oxygen atoms in total. The van der Waals surface area contributed by atoms with Gasteiger partial charge in [-0.15, -0.1) is 11.3 Å². The summed E-state index contributed by atoms with van der Waals surface area (Å²) in [5.41, 5.74) is 2.76. The van der Waals surface area contributed by atoms with Crippen molar-refractivity contribution >= 4 is 23.2 Å². The molecule has 2 aromatic rings. The van der Waals surface area contributed by atoms with Crippen LogP contribution in [0.1, 0.15) is 31.3 Å². The fraction of sp³-hybridized carbons (Fsp3) is 0.421. The highest BCUT2D eigenvalue weighted by Gasteiger charge is 2.21. The lowest BCUT2D eigenvalue weighted by Crippen LogP contribution is -2.42. The van der Waals surface area contributed by atoms with Crippen molar-refractivity contribution in [1.29, 1.82) is 0 Å². The zero-order chi connectivity index (χ0) is 18.4. The minimum absolute atomic E-state index is 0.0121. The molecule has 0 unspecified atom stereocenters. The van der Waals surface area contributed by atoms with E-state index in [2.05, 4.69) is 45.3 Å². The Morgan fingerprint density at radius 1 is 1.12 bits per heavy atom. The van der Waals surface area contributed by atoms with Crippen molar-refractivity contribution in [3.05, 3.63) is 40.2 Å². The van der Waals surface area contributed by atoms with Crippen LogP contribution >= 0.6 is 11.3 Å². The number of hydrogen-bond donors (Lipinski definition) is 2. The minimum atomic E-state index is -0.488. The second-order valence-corrected chi connectivity index (χ2v) is 8.04. The van der Waals surface area contributed by atoms with Crippen molar-refractivity contribution in [2.24, 2.45) is 5.41 Å². The molecule has 0 atom stereocenters. The first kappa shape index (κ1) is 19.1. The summed E-state index contributed by atoms with van der Waals surface area (Å²) in [6.45, 7) is 8.00. The standard InChI is InChI=1S/C19H25N3O2S/c1-13-22-16(12-25-13)15-7-5-14(6-8-15)9-10-20-17(23)11-21-18(24)19(2,3)4/h5-8,12H,9-11H2,1-4H3,(H,20,23)(H,21,24). The van der Waals surface area contributed by atoms with E-state index in [0.717, 1.165) is 28.2 Å². The quantitative estimate of drug-likeness (QED) is 0.833. The molecule has 0 radical (unpaired) electrons. The maximum Gasteiger partial charge on any atom is 0.239 e. The second kappa shape index (κ2) is 8.25. The predicted octanol–water partition coefficient (Wildman–Crippen LogP) is 2.94. The molecule has 2 N–H and O–H groups in total. The van der Waals surface area contributed by atoms with E-state index < -0.39 is 5.41 Å². The summed E-state index contributed by atoms with van der Waals surface area (Å²) >= 11 is 1.64. The fourth-order valence-corrected chi connectivity index (χ4v) is 2.79. The van der Waals surface area contributed by atoms with Gasteiger partial charge >= 0.3 is 0 Å². The molecule has 6 heteroatoms. The molecule has 0 saturated heterocycles. The fourth-order valence-electron chi connectivity index (χ4n) is 2.17. The van der Waals surface area contributed by atoms with Gasteiger partial charge in [0.1, 0.15) is 0 Å². The smallest absolute Gasteiger partial charge is 0.239 e. The predicted molar refractivity (Wildman–Crippen MR) is 101 cm³/mol. The van der Waals surface area contributed by atoms with E-state index in [-0.39, 0.29) is 18.4 Å². The van der Waals surface area contributed by atoms with Crippen molar-refractivity contribution in [3.8, 4) is 11.3 Å². The van der Waals surface area contributed by atoms with E-state index in [0.29, 0.717) is 6.54 Å². The van der Waals surface area contributed by atoms with E-state index in [4.69, 9.17) is 0 Å². The first-order valence-electron chi connectivity index (χ1n) is 8.32. The highest BCUT2D eigenvalue weighted by Crippen LogP contribution is 2.21. The molecule has 2 amide bonds. The van der Waals surface area contributed by atoms with Gasteiger partial charge in [0.15, 0.2) is 0 Å². The van der Waals surface area contributed by atoms with E-state index in [1.54, 1.807) is 11.3 Å². The van der Waals surface area contributed by atoms with Crippen LogP contribution in [0.25, 0.3) is 11.3 Å². The topological polar surface area (TPSA) is 71.1 Å². The average molecular weight is 359 g/mol. The van der Waals surface area contributed by atoms with E-state index in [1.807, 2.05) is 27.7 Å². The van der Waals surface area contributed by atoms with Gasteiger partial charge in [0.25, 0.3) is 0 Å². The number of thiazole rings is 1. The molecule has 2 rings (SSSR count). The monoisotopic (exact) mass is 359 g/mol. The number of carbonyl (C=O) groups excluding carboxylic acids is 2. The number of nitrogens with one attached hydrogen (secondary N) is 2. The summed E-state index contributed by atoms with van der Waals surface area (Å²) in [4.78, 5) is 28.0. The van der Waals surface area contributed by atoms with E-state index in [9.17, 15) is 9.59 Å². The highest BCUT2D eigenvalue weighted by atomic mass is 32.1. The van der Waals surface area contributed by atoms with Crippen molar-refractivity contribution < 1.29 is 9.59 Å². The number of aromatic nitrogens is 1. The number of aryl methyl sites for hydroxylation is 1. The molecule has 0 aliphatic carbocycles. The van der Waals surface area contributed by atoms with Crippen LogP contribution in [0.4, 0.5) is 0 Å². The van der Waals surface area contributed by atoms with Crippen molar-refractivity contribution in [1.82, 2.24) is 15.6 Å². The molecule has 0 fully saturated rings. The second-order valence-electron chi connectivity index (χ2n) is 6.98.